The summed E-state index contributed by atoms with van der Waals surface area (Å²) in [5.41, 5.74) is 2.91. The first-order valence-corrected chi connectivity index (χ1v) is 12.0. The quantitative estimate of drug-likeness (QED) is 0.336. The molecule has 0 atom stereocenters. The van der Waals surface area contributed by atoms with Crippen LogP contribution in [0.4, 0.5) is 17.5 Å². The summed E-state index contributed by atoms with van der Waals surface area (Å²) in [4.78, 5) is 16.7. The van der Waals surface area contributed by atoms with Gasteiger partial charge >= 0.3 is 0 Å². The van der Waals surface area contributed by atoms with E-state index >= 15 is 0 Å². The van der Waals surface area contributed by atoms with Crippen LogP contribution in [0.25, 0.3) is 11.2 Å². The summed E-state index contributed by atoms with van der Waals surface area (Å²) >= 11 is 0. The fourth-order valence-corrected chi connectivity index (χ4v) is 4.54. The van der Waals surface area contributed by atoms with Crippen LogP contribution in [0.3, 0.4) is 0 Å². The van der Waals surface area contributed by atoms with E-state index in [0.29, 0.717) is 31.5 Å². The third kappa shape index (κ3) is 4.89. The molecule has 1 aliphatic rings. The second kappa shape index (κ2) is 9.42. The van der Waals surface area contributed by atoms with Crippen LogP contribution in [0, 0.1) is 0 Å². The van der Waals surface area contributed by atoms with Crippen LogP contribution >= 0.6 is 0 Å². The van der Waals surface area contributed by atoms with Gasteiger partial charge < -0.3 is 19.9 Å². The van der Waals surface area contributed by atoms with Crippen molar-refractivity contribution in [3.63, 3.8) is 0 Å². The molecule has 0 unspecified atom stereocenters. The summed E-state index contributed by atoms with van der Waals surface area (Å²) in [5.74, 6) is 1.27. The Hall–Kier alpha value is -3.46. The zero-order chi connectivity index (χ0) is 23.5. The molecule has 3 heterocycles. The van der Waals surface area contributed by atoms with E-state index in [9.17, 15) is 5.11 Å². The van der Waals surface area contributed by atoms with Gasteiger partial charge in [-0.1, -0.05) is 43.2 Å². The Morgan fingerprint density at radius 1 is 1.18 bits per heavy atom. The summed E-state index contributed by atoms with van der Waals surface area (Å²) in [6.07, 6.45) is 10.9. The number of anilines is 3. The average molecular weight is 461 g/mol. The van der Waals surface area contributed by atoms with E-state index in [-0.39, 0.29) is 0 Å². The molecule has 0 bridgehead atoms. The van der Waals surface area contributed by atoms with Gasteiger partial charge in [0.05, 0.1) is 23.8 Å². The standard InChI is InChI=1S/C25H32N8O/c1-25(2,34)12-13-26-24-30-22(21-23(31-24)33(17-27-21)19-10-6-7-11-19)32(20-14-28-29-15-20)16-18-8-4-3-5-9-18/h3-5,8-9,14-15,17,19,34H,6-7,10-13,16H2,1-2H3,(H,28,29)(H,26,30,31). The minimum absolute atomic E-state index is 0.411. The molecule has 34 heavy (non-hydrogen) atoms. The Bertz CT molecular complexity index is 1210. The lowest BCUT2D eigenvalue weighted by atomic mass is 10.1. The monoisotopic (exact) mass is 460 g/mol. The van der Waals surface area contributed by atoms with E-state index in [2.05, 4.69) is 37.1 Å². The first-order valence-electron chi connectivity index (χ1n) is 12.0. The maximum atomic E-state index is 10.1. The number of H-pyrrole nitrogens is 1. The van der Waals surface area contributed by atoms with Gasteiger partial charge in [-0.15, -0.1) is 0 Å². The van der Waals surface area contributed by atoms with Crippen LogP contribution in [0.2, 0.25) is 0 Å². The molecule has 0 spiro atoms. The normalized spacial score (nSPS) is 14.7. The minimum atomic E-state index is -0.762. The molecular weight excluding hydrogens is 428 g/mol. The highest BCUT2D eigenvalue weighted by Crippen LogP contribution is 2.36. The molecule has 0 saturated heterocycles. The Morgan fingerprint density at radius 2 is 1.97 bits per heavy atom. The predicted molar refractivity (Wildman–Crippen MR) is 133 cm³/mol. The largest absolute Gasteiger partial charge is 0.390 e. The molecule has 1 aliphatic carbocycles. The summed E-state index contributed by atoms with van der Waals surface area (Å²) in [6, 6.07) is 10.7. The van der Waals surface area contributed by atoms with Crippen LogP contribution in [0.5, 0.6) is 0 Å². The average Bonchev–Trinajstić information content (AvgIpc) is 3.58. The van der Waals surface area contributed by atoms with Gasteiger partial charge in [-0.05, 0) is 38.7 Å². The van der Waals surface area contributed by atoms with Gasteiger partial charge in [-0.2, -0.15) is 15.1 Å². The zero-order valence-corrected chi connectivity index (χ0v) is 19.8. The summed E-state index contributed by atoms with van der Waals surface area (Å²) in [5, 5.41) is 20.6. The first-order chi connectivity index (χ1) is 16.5. The highest BCUT2D eigenvalue weighted by atomic mass is 16.3. The Labute approximate surface area is 199 Å². The lowest BCUT2D eigenvalue weighted by molar-refractivity contribution is 0.0748. The molecule has 178 valence electrons. The number of imidazole rings is 1. The van der Waals surface area contributed by atoms with Gasteiger partial charge in [0.25, 0.3) is 0 Å². The van der Waals surface area contributed by atoms with Crippen molar-refractivity contribution in [3.05, 3.63) is 54.6 Å². The molecule has 0 radical (unpaired) electrons. The van der Waals surface area contributed by atoms with Crippen molar-refractivity contribution < 1.29 is 5.11 Å². The maximum Gasteiger partial charge on any atom is 0.226 e. The van der Waals surface area contributed by atoms with Gasteiger partial charge in [0, 0.05) is 25.3 Å². The molecule has 1 aromatic carbocycles. The smallest absolute Gasteiger partial charge is 0.226 e. The number of aromatic amines is 1. The second-order valence-electron chi connectivity index (χ2n) is 9.65. The number of nitrogens with one attached hydrogen (secondary N) is 2. The van der Waals surface area contributed by atoms with Crippen molar-refractivity contribution in [1.29, 1.82) is 0 Å². The Morgan fingerprint density at radius 3 is 2.68 bits per heavy atom. The molecule has 1 fully saturated rings. The molecule has 4 aromatic rings. The molecule has 5 rings (SSSR count). The molecule has 0 amide bonds. The van der Waals surface area contributed by atoms with Crippen molar-refractivity contribution in [2.75, 3.05) is 16.8 Å². The van der Waals surface area contributed by atoms with E-state index in [1.54, 1.807) is 20.0 Å². The third-order valence-corrected chi connectivity index (χ3v) is 6.38. The summed E-state index contributed by atoms with van der Waals surface area (Å²) < 4.78 is 2.21. The van der Waals surface area contributed by atoms with Crippen molar-refractivity contribution in [2.24, 2.45) is 0 Å². The lowest BCUT2D eigenvalue weighted by Crippen LogP contribution is -2.24. The Kier molecular flexibility index (Phi) is 6.19. The topological polar surface area (TPSA) is 108 Å². The number of fused-ring (bicyclic) bond motifs is 1. The highest BCUT2D eigenvalue weighted by molar-refractivity contribution is 5.87. The molecular formula is C25H32N8O. The number of hydrogen-bond donors (Lipinski definition) is 3. The van der Waals surface area contributed by atoms with E-state index in [0.717, 1.165) is 41.1 Å². The zero-order valence-electron chi connectivity index (χ0n) is 19.8. The van der Waals surface area contributed by atoms with Crippen LogP contribution in [-0.4, -0.2) is 47.0 Å². The number of aliphatic hydroxyl groups is 1. The number of nitrogens with zero attached hydrogens (tertiary/aromatic N) is 6. The molecule has 3 N–H and O–H groups in total. The fourth-order valence-electron chi connectivity index (χ4n) is 4.54. The molecule has 9 nitrogen and oxygen atoms in total. The first kappa shape index (κ1) is 22.3. The van der Waals surface area contributed by atoms with Crippen LogP contribution < -0.4 is 10.2 Å². The van der Waals surface area contributed by atoms with Gasteiger partial charge in [-0.25, -0.2) is 4.98 Å². The van der Waals surface area contributed by atoms with E-state index in [4.69, 9.17) is 15.0 Å². The summed E-state index contributed by atoms with van der Waals surface area (Å²) in [7, 11) is 0. The van der Waals surface area contributed by atoms with Gasteiger partial charge in [0.2, 0.25) is 5.95 Å². The van der Waals surface area contributed by atoms with E-state index in [1.807, 2.05) is 30.7 Å². The molecule has 1 saturated carbocycles. The SMILES string of the molecule is CC(C)(O)CCNc1nc(N(Cc2ccccc2)c2cn[nH]c2)c2ncn(C3CCCC3)c2n1. The maximum absolute atomic E-state index is 10.1. The number of aromatic nitrogens is 6. The van der Waals surface area contributed by atoms with Crippen molar-refractivity contribution in [1.82, 2.24) is 29.7 Å². The highest BCUT2D eigenvalue weighted by Gasteiger charge is 2.25. The predicted octanol–water partition coefficient (Wildman–Crippen LogP) is 4.58. The lowest BCUT2D eigenvalue weighted by Gasteiger charge is -2.23. The van der Waals surface area contributed by atoms with Gasteiger partial charge in [0.15, 0.2) is 17.0 Å². The van der Waals surface area contributed by atoms with Gasteiger partial charge in [0.1, 0.15) is 0 Å². The molecule has 9 heteroatoms. The van der Waals surface area contributed by atoms with Crippen LogP contribution in [0.1, 0.15) is 57.6 Å². The molecule has 3 aromatic heterocycles. The summed E-state index contributed by atoms with van der Waals surface area (Å²) in [6.45, 7) is 4.79. The Balaban J connectivity index is 1.59. The van der Waals surface area contributed by atoms with E-state index in [1.165, 1.54) is 12.8 Å². The second-order valence-corrected chi connectivity index (χ2v) is 9.65. The van der Waals surface area contributed by atoms with Crippen LogP contribution in [-0.2, 0) is 6.54 Å². The third-order valence-electron chi connectivity index (χ3n) is 6.38. The van der Waals surface area contributed by atoms with Crippen molar-refractivity contribution in [3.8, 4) is 0 Å². The van der Waals surface area contributed by atoms with Crippen LogP contribution in [0.15, 0.2) is 49.1 Å². The van der Waals surface area contributed by atoms with E-state index < -0.39 is 5.60 Å². The number of rotatable bonds is 9. The van der Waals surface area contributed by atoms with Crippen molar-refractivity contribution >= 4 is 28.6 Å². The number of benzene rings is 1. The fraction of sp³-hybridized carbons (Fsp3) is 0.440. The molecule has 0 aliphatic heterocycles. The van der Waals surface area contributed by atoms with Crippen molar-refractivity contribution in [2.45, 2.75) is 64.1 Å². The number of hydrogen-bond acceptors (Lipinski definition) is 7. The minimum Gasteiger partial charge on any atom is -0.390 e. The van der Waals surface area contributed by atoms with Gasteiger partial charge in [-0.3, -0.25) is 5.10 Å².